The first-order valence-electron chi connectivity index (χ1n) is 5.92. The molecule has 0 aliphatic heterocycles. The quantitative estimate of drug-likeness (QED) is 0.817. The molecule has 1 fully saturated rings. The van der Waals surface area contributed by atoms with Gasteiger partial charge in [0.15, 0.2) is 0 Å². The van der Waals surface area contributed by atoms with E-state index in [0.717, 1.165) is 24.2 Å². The third-order valence-electron chi connectivity index (χ3n) is 3.79. The molecule has 16 heavy (non-hydrogen) atoms. The van der Waals surface area contributed by atoms with Crippen LogP contribution in [-0.4, -0.2) is 27.0 Å². The van der Waals surface area contributed by atoms with E-state index < -0.39 is 0 Å². The highest BCUT2D eigenvalue weighted by Gasteiger charge is 2.47. The second-order valence-electron chi connectivity index (χ2n) is 5.29. The molecular formula is C12H21N3O. The lowest BCUT2D eigenvalue weighted by atomic mass is 9.64. The maximum Gasteiger partial charge on any atom is 0.0853 e. The zero-order valence-corrected chi connectivity index (χ0v) is 10.5. The van der Waals surface area contributed by atoms with Gasteiger partial charge in [-0.05, 0) is 12.8 Å². The van der Waals surface area contributed by atoms with Crippen LogP contribution in [0.2, 0.25) is 0 Å². The standard InChI is InChI=1S/C12H21N3O/c1-5-8-9(7-15(4)14-8)13-10-6-11(16)12(10,2)3/h7,10-11,13,16H,5-6H2,1-4H3. The van der Waals surface area contributed by atoms with Crippen LogP contribution in [-0.2, 0) is 13.5 Å². The van der Waals surface area contributed by atoms with E-state index in [1.165, 1.54) is 0 Å². The summed E-state index contributed by atoms with van der Waals surface area (Å²) in [7, 11) is 1.94. The average Bonchev–Trinajstić information content (AvgIpc) is 2.58. The van der Waals surface area contributed by atoms with Crippen molar-refractivity contribution in [1.82, 2.24) is 9.78 Å². The number of rotatable bonds is 3. The Morgan fingerprint density at radius 1 is 1.62 bits per heavy atom. The van der Waals surface area contributed by atoms with E-state index in [1.54, 1.807) is 0 Å². The third kappa shape index (κ3) is 1.71. The van der Waals surface area contributed by atoms with Crippen molar-refractivity contribution in [2.45, 2.75) is 45.8 Å². The highest BCUT2D eigenvalue weighted by molar-refractivity contribution is 5.48. The van der Waals surface area contributed by atoms with E-state index in [1.807, 2.05) is 17.9 Å². The first-order chi connectivity index (χ1) is 7.45. The molecule has 1 aliphatic rings. The summed E-state index contributed by atoms with van der Waals surface area (Å²) >= 11 is 0. The molecule has 0 saturated heterocycles. The van der Waals surface area contributed by atoms with Crippen LogP contribution in [0, 0.1) is 5.41 Å². The maximum absolute atomic E-state index is 9.70. The minimum atomic E-state index is -0.188. The first-order valence-corrected chi connectivity index (χ1v) is 5.92. The van der Waals surface area contributed by atoms with Crippen molar-refractivity contribution < 1.29 is 5.11 Å². The van der Waals surface area contributed by atoms with Crippen molar-refractivity contribution in [2.75, 3.05) is 5.32 Å². The van der Waals surface area contributed by atoms with E-state index in [-0.39, 0.29) is 11.5 Å². The Morgan fingerprint density at radius 3 is 2.81 bits per heavy atom. The summed E-state index contributed by atoms with van der Waals surface area (Å²) in [6.07, 6.45) is 3.58. The maximum atomic E-state index is 9.70. The van der Waals surface area contributed by atoms with Crippen molar-refractivity contribution in [3.05, 3.63) is 11.9 Å². The summed E-state index contributed by atoms with van der Waals surface area (Å²) < 4.78 is 1.84. The first kappa shape index (κ1) is 11.5. The summed E-state index contributed by atoms with van der Waals surface area (Å²) in [5.41, 5.74) is 2.16. The van der Waals surface area contributed by atoms with E-state index >= 15 is 0 Å². The molecule has 2 rings (SSSR count). The summed E-state index contributed by atoms with van der Waals surface area (Å²) in [4.78, 5) is 0. The van der Waals surface area contributed by atoms with Gasteiger partial charge in [-0.15, -0.1) is 0 Å². The number of aliphatic hydroxyl groups excluding tert-OH is 1. The van der Waals surface area contributed by atoms with Gasteiger partial charge in [0.1, 0.15) is 0 Å². The van der Waals surface area contributed by atoms with Crippen LogP contribution >= 0.6 is 0 Å². The van der Waals surface area contributed by atoms with Crippen LogP contribution in [0.5, 0.6) is 0 Å². The number of nitrogens with one attached hydrogen (secondary N) is 1. The number of aliphatic hydroxyl groups is 1. The van der Waals surface area contributed by atoms with Gasteiger partial charge >= 0.3 is 0 Å². The number of hydrogen-bond acceptors (Lipinski definition) is 3. The lowest BCUT2D eigenvalue weighted by Gasteiger charge is -2.49. The van der Waals surface area contributed by atoms with Gasteiger partial charge in [0, 0.05) is 24.7 Å². The molecule has 2 unspecified atom stereocenters. The van der Waals surface area contributed by atoms with Crippen LogP contribution in [0.15, 0.2) is 6.20 Å². The molecule has 0 spiro atoms. The monoisotopic (exact) mass is 223 g/mol. The normalized spacial score (nSPS) is 27.6. The molecule has 1 aliphatic carbocycles. The molecule has 0 aromatic carbocycles. The number of aromatic nitrogens is 2. The van der Waals surface area contributed by atoms with Crippen LogP contribution < -0.4 is 5.32 Å². The number of hydrogen-bond donors (Lipinski definition) is 2. The van der Waals surface area contributed by atoms with Gasteiger partial charge in [-0.25, -0.2) is 0 Å². The van der Waals surface area contributed by atoms with Crippen molar-refractivity contribution in [1.29, 1.82) is 0 Å². The van der Waals surface area contributed by atoms with Crippen molar-refractivity contribution >= 4 is 5.69 Å². The lowest BCUT2D eigenvalue weighted by molar-refractivity contribution is -0.0510. The van der Waals surface area contributed by atoms with Gasteiger partial charge in [0.25, 0.3) is 0 Å². The van der Waals surface area contributed by atoms with E-state index in [0.29, 0.717) is 6.04 Å². The van der Waals surface area contributed by atoms with Gasteiger partial charge in [-0.2, -0.15) is 5.10 Å². The van der Waals surface area contributed by atoms with Gasteiger partial charge in [-0.1, -0.05) is 20.8 Å². The summed E-state index contributed by atoms with van der Waals surface area (Å²) in [6.45, 7) is 6.30. The zero-order chi connectivity index (χ0) is 11.9. The Morgan fingerprint density at radius 2 is 2.31 bits per heavy atom. The minimum Gasteiger partial charge on any atom is -0.392 e. The fraction of sp³-hybridized carbons (Fsp3) is 0.750. The Hall–Kier alpha value is -1.03. The van der Waals surface area contributed by atoms with E-state index in [4.69, 9.17) is 0 Å². The van der Waals surface area contributed by atoms with Crippen molar-refractivity contribution in [3.63, 3.8) is 0 Å². The highest BCUT2D eigenvalue weighted by Crippen LogP contribution is 2.42. The van der Waals surface area contributed by atoms with Crippen molar-refractivity contribution in [3.8, 4) is 0 Å². The lowest BCUT2D eigenvalue weighted by Crippen LogP contribution is -2.56. The Kier molecular flexibility index (Phi) is 2.70. The smallest absolute Gasteiger partial charge is 0.0853 e. The van der Waals surface area contributed by atoms with E-state index in [2.05, 4.69) is 31.2 Å². The van der Waals surface area contributed by atoms with E-state index in [9.17, 15) is 5.11 Å². The number of aryl methyl sites for hydroxylation is 2. The fourth-order valence-corrected chi connectivity index (χ4v) is 2.25. The highest BCUT2D eigenvalue weighted by atomic mass is 16.3. The SMILES string of the molecule is CCc1nn(C)cc1NC1CC(O)C1(C)C. The van der Waals surface area contributed by atoms with Crippen LogP contribution in [0.25, 0.3) is 0 Å². The largest absolute Gasteiger partial charge is 0.392 e. The van der Waals surface area contributed by atoms with Crippen molar-refractivity contribution in [2.24, 2.45) is 12.5 Å². The zero-order valence-electron chi connectivity index (χ0n) is 10.5. The third-order valence-corrected chi connectivity index (χ3v) is 3.79. The molecule has 1 aromatic heterocycles. The van der Waals surface area contributed by atoms with Gasteiger partial charge in [0.05, 0.1) is 17.5 Å². The molecule has 0 amide bonds. The number of nitrogens with zero attached hydrogens (tertiary/aromatic N) is 2. The van der Waals surface area contributed by atoms with Crippen LogP contribution in [0.3, 0.4) is 0 Å². The molecule has 1 aromatic rings. The predicted octanol–water partition coefficient (Wildman–Crippen LogP) is 1.55. The van der Waals surface area contributed by atoms with Crippen LogP contribution in [0.4, 0.5) is 5.69 Å². The molecule has 2 N–H and O–H groups in total. The average molecular weight is 223 g/mol. The molecule has 1 heterocycles. The van der Waals surface area contributed by atoms with Gasteiger partial charge in [0.2, 0.25) is 0 Å². The molecule has 0 radical (unpaired) electrons. The molecule has 0 bridgehead atoms. The summed E-state index contributed by atoms with van der Waals surface area (Å²) in [5.74, 6) is 0. The molecular weight excluding hydrogens is 202 g/mol. The summed E-state index contributed by atoms with van der Waals surface area (Å²) in [5, 5.41) is 17.6. The topological polar surface area (TPSA) is 50.1 Å². The Balaban J connectivity index is 2.10. The second kappa shape index (κ2) is 3.77. The van der Waals surface area contributed by atoms with Crippen LogP contribution in [0.1, 0.15) is 32.9 Å². The predicted molar refractivity (Wildman–Crippen MR) is 64.4 cm³/mol. The molecule has 2 atom stereocenters. The molecule has 90 valence electrons. The molecule has 4 heteroatoms. The van der Waals surface area contributed by atoms with Gasteiger partial charge in [-0.3, -0.25) is 4.68 Å². The second-order valence-corrected chi connectivity index (χ2v) is 5.29. The number of anilines is 1. The molecule has 1 saturated carbocycles. The summed E-state index contributed by atoms with van der Waals surface area (Å²) in [6, 6.07) is 0.344. The molecule has 4 nitrogen and oxygen atoms in total. The Bertz CT molecular complexity index is 384. The van der Waals surface area contributed by atoms with Gasteiger partial charge < -0.3 is 10.4 Å². The Labute approximate surface area is 96.7 Å². The fourth-order valence-electron chi connectivity index (χ4n) is 2.25. The minimum absolute atomic E-state index is 0.0408.